The maximum absolute atomic E-state index is 12.8. The zero-order chi connectivity index (χ0) is 20.6. The molecule has 0 saturated heterocycles. The summed E-state index contributed by atoms with van der Waals surface area (Å²) in [5.74, 6) is 2.07. The molecule has 0 unspecified atom stereocenters. The molecule has 1 fully saturated rings. The number of carbonyl (C=O) groups excluding carboxylic acids is 1. The molecule has 0 atom stereocenters. The van der Waals surface area contributed by atoms with Crippen molar-refractivity contribution < 1.29 is 19.0 Å². The highest BCUT2D eigenvalue weighted by Gasteiger charge is 2.32. The second kappa shape index (κ2) is 9.83. The lowest BCUT2D eigenvalue weighted by Crippen LogP contribution is -2.32. The van der Waals surface area contributed by atoms with Crippen LogP contribution in [0.1, 0.15) is 36.8 Å². The number of nitriles is 1. The van der Waals surface area contributed by atoms with Crippen molar-refractivity contribution >= 4 is 5.91 Å². The summed E-state index contributed by atoms with van der Waals surface area (Å²) < 4.78 is 16.2. The summed E-state index contributed by atoms with van der Waals surface area (Å²) in [5.41, 5.74) is 1.62. The van der Waals surface area contributed by atoms with E-state index in [0.29, 0.717) is 49.1 Å². The van der Waals surface area contributed by atoms with Gasteiger partial charge in [0, 0.05) is 25.1 Å². The van der Waals surface area contributed by atoms with Crippen molar-refractivity contribution in [2.45, 2.75) is 38.3 Å². The molecule has 1 aliphatic carbocycles. The average Bonchev–Trinajstić information content (AvgIpc) is 3.60. The van der Waals surface area contributed by atoms with Crippen LogP contribution in [0, 0.1) is 11.3 Å². The van der Waals surface area contributed by atoms with Crippen LogP contribution in [0.3, 0.4) is 0 Å². The minimum absolute atomic E-state index is 0.152. The van der Waals surface area contributed by atoms with Gasteiger partial charge in [0.25, 0.3) is 0 Å². The topological polar surface area (TPSA) is 71.8 Å². The molecule has 2 aromatic rings. The van der Waals surface area contributed by atoms with E-state index in [9.17, 15) is 4.79 Å². The fourth-order valence-corrected chi connectivity index (χ4v) is 3.14. The van der Waals surface area contributed by atoms with Gasteiger partial charge in [-0.1, -0.05) is 12.1 Å². The third kappa shape index (κ3) is 5.64. The molecule has 2 aromatic carbocycles. The first-order chi connectivity index (χ1) is 14.1. The highest BCUT2D eigenvalue weighted by atomic mass is 16.5. The lowest BCUT2D eigenvalue weighted by molar-refractivity contribution is -0.132. The predicted octanol–water partition coefficient (Wildman–Crippen LogP) is 3.93. The van der Waals surface area contributed by atoms with E-state index >= 15 is 0 Å². The number of ether oxygens (including phenoxy) is 3. The Morgan fingerprint density at radius 1 is 1.10 bits per heavy atom. The summed E-state index contributed by atoms with van der Waals surface area (Å²) in [6.07, 6.45) is 3.20. The third-order valence-electron chi connectivity index (χ3n) is 4.91. The first kappa shape index (κ1) is 20.5. The van der Waals surface area contributed by atoms with E-state index in [2.05, 4.69) is 6.07 Å². The lowest BCUT2D eigenvalue weighted by atomic mass is 10.2. The molecule has 29 heavy (non-hydrogen) atoms. The quantitative estimate of drug-likeness (QED) is 0.571. The fourth-order valence-electron chi connectivity index (χ4n) is 3.14. The molecule has 152 valence electrons. The smallest absolute Gasteiger partial charge is 0.223 e. The standard InChI is InChI=1S/C23H26N2O4/c1-27-20-10-5-17(6-11-20)16-25(19-8-9-19)23(26)4-3-13-29-21-12-7-18(15-24)14-22(21)28-2/h5-7,10-12,14,19H,3-4,8-9,13,16H2,1-2H3. The summed E-state index contributed by atoms with van der Waals surface area (Å²) in [5, 5.41) is 8.96. The predicted molar refractivity (Wildman–Crippen MR) is 109 cm³/mol. The van der Waals surface area contributed by atoms with Crippen LogP contribution in [0.15, 0.2) is 42.5 Å². The van der Waals surface area contributed by atoms with Crippen LogP contribution in [-0.2, 0) is 11.3 Å². The van der Waals surface area contributed by atoms with Gasteiger partial charge >= 0.3 is 0 Å². The van der Waals surface area contributed by atoms with Crippen LogP contribution in [0.5, 0.6) is 17.2 Å². The van der Waals surface area contributed by atoms with Gasteiger partial charge in [-0.15, -0.1) is 0 Å². The van der Waals surface area contributed by atoms with Crippen molar-refractivity contribution in [1.29, 1.82) is 5.26 Å². The van der Waals surface area contributed by atoms with E-state index in [-0.39, 0.29) is 5.91 Å². The maximum atomic E-state index is 12.8. The number of benzene rings is 2. The lowest BCUT2D eigenvalue weighted by Gasteiger charge is -2.23. The molecular weight excluding hydrogens is 368 g/mol. The summed E-state index contributed by atoms with van der Waals surface area (Å²) >= 11 is 0. The van der Waals surface area contributed by atoms with Gasteiger partial charge in [-0.3, -0.25) is 4.79 Å². The molecule has 6 heteroatoms. The van der Waals surface area contributed by atoms with Crippen molar-refractivity contribution in [3.63, 3.8) is 0 Å². The molecule has 0 aliphatic heterocycles. The Morgan fingerprint density at radius 2 is 1.86 bits per heavy atom. The van der Waals surface area contributed by atoms with Crippen molar-refractivity contribution in [3.8, 4) is 23.3 Å². The highest BCUT2D eigenvalue weighted by molar-refractivity contribution is 5.76. The van der Waals surface area contributed by atoms with Crippen molar-refractivity contribution in [3.05, 3.63) is 53.6 Å². The Bertz CT molecular complexity index is 869. The summed E-state index contributed by atoms with van der Waals surface area (Å²) in [6.45, 7) is 1.03. The Labute approximate surface area is 171 Å². The molecular formula is C23H26N2O4. The largest absolute Gasteiger partial charge is 0.497 e. The molecule has 0 radical (unpaired) electrons. The van der Waals surface area contributed by atoms with E-state index in [1.165, 1.54) is 0 Å². The van der Waals surface area contributed by atoms with E-state index < -0.39 is 0 Å². The monoisotopic (exact) mass is 394 g/mol. The van der Waals surface area contributed by atoms with Crippen LogP contribution in [0.2, 0.25) is 0 Å². The van der Waals surface area contributed by atoms with Crippen LogP contribution in [0.25, 0.3) is 0 Å². The number of methoxy groups -OCH3 is 2. The molecule has 0 heterocycles. The van der Waals surface area contributed by atoms with E-state index in [0.717, 1.165) is 24.2 Å². The second-order valence-electron chi connectivity index (χ2n) is 7.03. The van der Waals surface area contributed by atoms with Gasteiger partial charge in [0.05, 0.1) is 32.5 Å². The Balaban J connectivity index is 1.50. The Hall–Kier alpha value is -3.20. The van der Waals surface area contributed by atoms with Gasteiger partial charge in [0.2, 0.25) is 5.91 Å². The number of nitrogens with zero attached hydrogens (tertiary/aromatic N) is 2. The zero-order valence-corrected chi connectivity index (χ0v) is 16.9. The first-order valence-electron chi connectivity index (χ1n) is 9.78. The molecule has 1 amide bonds. The average molecular weight is 394 g/mol. The van der Waals surface area contributed by atoms with Crippen LogP contribution in [0.4, 0.5) is 0 Å². The van der Waals surface area contributed by atoms with E-state index in [1.54, 1.807) is 32.4 Å². The Morgan fingerprint density at radius 3 is 2.48 bits per heavy atom. The van der Waals surface area contributed by atoms with Gasteiger partial charge in [-0.25, -0.2) is 0 Å². The number of carbonyl (C=O) groups is 1. The van der Waals surface area contributed by atoms with E-state index in [4.69, 9.17) is 19.5 Å². The molecule has 0 bridgehead atoms. The van der Waals surface area contributed by atoms with Gasteiger partial charge < -0.3 is 19.1 Å². The second-order valence-corrected chi connectivity index (χ2v) is 7.03. The van der Waals surface area contributed by atoms with Gasteiger partial charge in [-0.05, 0) is 49.1 Å². The summed E-state index contributed by atoms with van der Waals surface area (Å²) in [4.78, 5) is 14.7. The maximum Gasteiger partial charge on any atom is 0.223 e. The third-order valence-corrected chi connectivity index (χ3v) is 4.91. The van der Waals surface area contributed by atoms with Gasteiger partial charge in [-0.2, -0.15) is 5.26 Å². The number of amides is 1. The normalized spacial score (nSPS) is 12.7. The fraction of sp³-hybridized carbons (Fsp3) is 0.391. The minimum Gasteiger partial charge on any atom is -0.497 e. The highest BCUT2D eigenvalue weighted by Crippen LogP contribution is 2.30. The summed E-state index contributed by atoms with van der Waals surface area (Å²) in [7, 11) is 3.18. The van der Waals surface area contributed by atoms with Crippen LogP contribution >= 0.6 is 0 Å². The SMILES string of the molecule is COc1ccc(CN(C(=O)CCCOc2ccc(C#N)cc2OC)C2CC2)cc1. The molecule has 1 aliphatic rings. The number of hydrogen-bond acceptors (Lipinski definition) is 5. The van der Waals surface area contributed by atoms with Crippen molar-refractivity contribution in [1.82, 2.24) is 4.90 Å². The first-order valence-corrected chi connectivity index (χ1v) is 9.78. The van der Waals surface area contributed by atoms with Gasteiger partial charge in [0.15, 0.2) is 11.5 Å². The van der Waals surface area contributed by atoms with Crippen LogP contribution in [-0.4, -0.2) is 37.7 Å². The minimum atomic E-state index is 0.152. The zero-order valence-electron chi connectivity index (χ0n) is 16.9. The molecule has 0 aromatic heterocycles. The number of hydrogen-bond donors (Lipinski definition) is 0. The Kier molecular flexibility index (Phi) is 6.96. The molecule has 3 rings (SSSR count). The molecule has 6 nitrogen and oxygen atoms in total. The number of rotatable bonds is 10. The van der Waals surface area contributed by atoms with Crippen molar-refractivity contribution in [2.75, 3.05) is 20.8 Å². The summed E-state index contributed by atoms with van der Waals surface area (Å²) in [6, 6.07) is 15.3. The van der Waals surface area contributed by atoms with Crippen LogP contribution < -0.4 is 14.2 Å². The van der Waals surface area contributed by atoms with E-state index in [1.807, 2.05) is 29.2 Å². The molecule has 0 N–H and O–H groups in total. The van der Waals surface area contributed by atoms with Crippen molar-refractivity contribution in [2.24, 2.45) is 0 Å². The molecule has 1 saturated carbocycles. The molecule has 0 spiro atoms. The van der Waals surface area contributed by atoms with Gasteiger partial charge in [0.1, 0.15) is 5.75 Å².